The third-order valence-corrected chi connectivity index (χ3v) is 7.68. The Morgan fingerprint density at radius 3 is 2.52 bits per heavy atom. The molecule has 1 saturated heterocycles. The standard InChI is InChI=1S/C20H21N3O4S2/c24-20(14-28-19-6-5-16-3-1-2-4-17(16)13-19)22-8-10-23(11-9-22)29(25,26)15-18-7-12-27-21-18/h1-7,12-13H,8-11,14-15H2. The molecular formula is C20H21N3O4S2. The van der Waals surface area contributed by atoms with Crippen LogP contribution in [0.2, 0.25) is 0 Å². The average molecular weight is 432 g/mol. The molecule has 1 aliphatic heterocycles. The van der Waals surface area contributed by atoms with Gasteiger partial charge in [-0.25, -0.2) is 8.42 Å². The van der Waals surface area contributed by atoms with Crippen LogP contribution >= 0.6 is 11.8 Å². The molecule has 0 unspecified atom stereocenters. The van der Waals surface area contributed by atoms with Crippen LogP contribution < -0.4 is 0 Å². The van der Waals surface area contributed by atoms with Gasteiger partial charge >= 0.3 is 0 Å². The van der Waals surface area contributed by atoms with Crippen molar-refractivity contribution in [1.82, 2.24) is 14.4 Å². The van der Waals surface area contributed by atoms with E-state index in [1.807, 2.05) is 18.2 Å². The van der Waals surface area contributed by atoms with Gasteiger partial charge in [-0.15, -0.1) is 11.8 Å². The van der Waals surface area contributed by atoms with E-state index in [4.69, 9.17) is 4.52 Å². The van der Waals surface area contributed by atoms with E-state index in [1.165, 1.54) is 27.7 Å². The van der Waals surface area contributed by atoms with E-state index in [2.05, 4.69) is 29.4 Å². The molecule has 2 aromatic carbocycles. The van der Waals surface area contributed by atoms with E-state index in [-0.39, 0.29) is 11.7 Å². The van der Waals surface area contributed by atoms with Crippen LogP contribution in [-0.4, -0.2) is 60.6 Å². The largest absolute Gasteiger partial charge is 0.364 e. The molecule has 152 valence electrons. The number of sulfonamides is 1. The van der Waals surface area contributed by atoms with Gasteiger partial charge in [0, 0.05) is 37.1 Å². The predicted molar refractivity (Wildman–Crippen MR) is 112 cm³/mol. The third kappa shape index (κ3) is 4.80. The maximum Gasteiger partial charge on any atom is 0.233 e. The van der Waals surface area contributed by atoms with Crippen molar-refractivity contribution in [2.75, 3.05) is 31.9 Å². The summed E-state index contributed by atoms with van der Waals surface area (Å²) >= 11 is 1.50. The number of piperazine rings is 1. The maximum absolute atomic E-state index is 12.6. The minimum atomic E-state index is -3.46. The fraction of sp³-hybridized carbons (Fsp3) is 0.300. The molecule has 0 bridgehead atoms. The number of aromatic nitrogens is 1. The topological polar surface area (TPSA) is 83.7 Å². The van der Waals surface area contributed by atoms with E-state index in [0.717, 1.165) is 10.3 Å². The zero-order chi connectivity index (χ0) is 20.3. The van der Waals surface area contributed by atoms with Gasteiger partial charge in [0.1, 0.15) is 12.0 Å². The second kappa shape index (κ2) is 8.56. The first-order valence-corrected chi connectivity index (χ1v) is 11.9. The van der Waals surface area contributed by atoms with Gasteiger partial charge in [0.05, 0.1) is 11.4 Å². The van der Waals surface area contributed by atoms with Gasteiger partial charge in [-0.05, 0) is 22.9 Å². The maximum atomic E-state index is 12.6. The lowest BCUT2D eigenvalue weighted by molar-refractivity contribution is -0.129. The zero-order valence-electron chi connectivity index (χ0n) is 15.7. The average Bonchev–Trinajstić information content (AvgIpc) is 3.24. The number of hydrogen-bond acceptors (Lipinski definition) is 6. The molecule has 9 heteroatoms. The molecule has 0 aliphatic carbocycles. The molecule has 0 spiro atoms. The summed E-state index contributed by atoms with van der Waals surface area (Å²) in [6.07, 6.45) is 1.36. The Labute approximate surface area is 173 Å². The number of hydrogen-bond donors (Lipinski definition) is 0. The summed E-state index contributed by atoms with van der Waals surface area (Å²) in [5, 5.41) is 5.98. The highest BCUT2D eigenvalue weighted by Gasteiger charge is 2.29. The Bertz CT molecular complexity index is 1090. The van der Waals surface area contributed by atoms with E-state index in [9.17, 15) is 13.2 Å². The number of nitrogens with zero attached hydrogens (tertiary/aromatic N) is 3. The van der Waals surface area contributed by atoms with Crippen LogP contribution in [0.1, 0.15) is 5.69 Å². The van der Waals surface area contributed by atoms with E-state index in [1.54, 1.807) is 11.0 Å². The van der Waals surface area contributed by atoms with Crippen molar-refractivity contribution in [2.24, 2.45) is 0 Å². The molecule has 0 N–H and O–H groups in total. The fourth-order valence-electron chi connectivity index (χ4n) is 3.30. The minimum Gasteiger partial charge on any atom is -0.364 e. The number of thioether (sulfide) groups is 1. The highest BCUT2D eigenvalue weighted by atomic mass is 32.2. The summed E-state index contributed by atoms with van der Waals surface area (Å²) in [5.41, 5.74) is 0.385. The highest BCUT2D eigenvalue weighted by molar-refractivity contribution is 8.00. The number of rotatable bonds is 6. The van der Waals surface area contributed by atoms with Gasteiger partial charge in [0.15, 0.2) is 0 Å². The van der Waals surface area contributed by atoms with Gasteiger partial charge in [0.25, 0.3) is 0 Å². The lowest BCUT2D eigenvalue weighted by atomic mass is 10.1. The number of benzene rings is 2. The van der Waals surface area contributed by atoms with Crippen LogP contribution in [0.15, 0.2) is 64.2 Å². The Hall–Kier alpha value is -2.36. The summed E-state index contributed by atoms with van der Waals surface area (Å²) in [5.74, 6) is 0.177. The van der Waals surface area contributed by atoms with Gasteiger partial charge in [-0.1, -0.05) is 35.5 Å². The second-order valence-corrected chi connectivity index (χ2v) is 9.84. The summed E-state index contributed by atoms with van der Waals surface area (Å²) in [6.45, 7) is 1.39. The molecule has 0 atom stereocenters. The first-order chi connectivity index (χ1) is 14.0. The van der Waals surface area contributed by atoms with Gasteiger partial charge in [0.2, 0.25) is 15.9 Å². The zero-order valence-corrected chi connectivity index (χ0v) is 17.4. The van der Waals surface area contributed by atoms with Crippen molar-refractivity contribution in [2.45, 2.75) is 10.6 Å². The van der Waals surface area contributed by atoms with Crippen LogP contribution in [0, 0.1) is 0 Å². The lowest BCUT2D eigenvalue weighted by Gasteiger charge is -2.33. The van der Waals surface area contributed by atoms with E-state index in [0.29, 0.717) is 37.6 Å². The van der Waals surface area contributed by atoms with Crippen molar-refractivity contribution in [3.8, 4) is 0 Å². The monoisotopic (exact) mass is 431 g/mol. The molecule has 7 nitrogen and oxygen atoms in total. The highest BCUT2D eigenvalue weighted by Crippen LogP contribution is 2.24. The SMILES string of the molecule is O=C(CSc1ccc2ccccc2c1)N1CCN(S(=O)(=O)Cc2ccon2)CC1. The molecule has 1 aromatic heterocycles. The number of carbonyl (C=O) groups is 1. The van der Waals surface area contributed by atoms with Crippen molar-refractivity contribution in [3.05, 3.63) is 60.5 Å². The summed E-state index contributed by atoms with van der Waals surface area (Å²) in [4.78, 5) is 15.3. The fourth-order valence-corrected chi connectivity index (χ4v) is 5.57. The first-order valence-electron chi connectivity index (χ1n) is 9.28. The first kappa shape index (κ1) is 19.9. The van der Waals surface area contributed by atoms with Crippen molar-refractivity contribution in [1.29, 1.82) is 0 Å². The molecule has 29 heavy (non-hydrogen) atoms. The quantitative estimate of drug-likeness (QED) is 0.558. The van der Waals surface area contributed by atoms with Crippen LogP contribution in [0.25, 0.3) is 10.8 Å². The molecule has 0 radical (unpaired) electrons. The van der Waals surface area contributed by atoms with Crippen LogP contribution in [0.4, 0.5) is 0 Å². The number of fused-ring (bicyclic) bond motifs is 1. The Morgan fingerprint density at radius 2 is 1.79 bits per heavy atom. The van der Waals surface area contributed by atoms with Gasteiger partial charge in [-0.3, -0.25) is 4.79 Å². The summed E-state index contributed by atoms with van der Waals surface area (Å²) in [7, 11) is -3.46. The Balaban J connectivity index is 1.29. The molecule has 1 fully saturated rings. The third-order valence-electron chi connectivity index (χ3n) is 4.89. The molecule has 3 aromatic rings. The van der Waals surface area contributed by atoms with Crippen molar-refractivity contribution >= 4 is 38.5 Å². The summed E-state index contributed by atoms with van der Waals surface area (Å²) in [6, 6.07) is 15.8. The second-order valence-electron chi connectivity index (χ2n) is 6.82. The van der Waals surface area contributed by atoms with Crippen LogP contribution in [0.5, 0.6) is 0 Å². The molecular weight excluding hydrogens is 410 g/mol. The lowest BCUT2D eigenvalue weighted by Crippen LogP contribution is -2.51. The van der Waals surface area contributed by atoms with E-state index < -0.39 is 10.0 Å². The predicted octanol–water partition coefficient (Wildman–Crippen LogP) is 2.59. The van der Waals surface area contributed by atoms with Crippen molar-refractivity contribution < 1.29 is 17.7 Å². The van der Waals surface area contributed by atoms with Gasteiger partial charge in [-0.2, -0.15) is 4.31 Å². The van der Waals surface area contributed by atoms with E-state index >= 15 is 0 Å². The number of carbonyl (C=O) groups excluding carboxylic acids is 1. The minimum absolute atomic E-state index is 0.0247. The molecule has 0 saturated carbocycles. The normalized spacial score (nSPS) is 15.7. The smallest absolute Gasteiger partial charge is 0.233 e. The Morgan fingerprint density at radius 1 is 1.03 bits per heavy atom. The summed E-state index contributed by atoms with van der Waals surface area (Å²) < 4.78 is 31.1. The number of amides is 1. The van der Waals surface area contributed by atoms with Crippen LogP contribution in [0.3, 0.4) is 0 Å². The molecule has 2 heterocycles. The Kier molecular flexibility index (Phi) is 5.89. The molecule has 4 rings (SSSR count). The van der Waals surface area contributed by atoms with Crippen molar-refractivity contribution in [3.63, 3.8) is 0 Å². The molecule has 1 amide bonds. The van der Waals surface area contributed by atoms with Crippen LogP contribution in [-0.2, 0) is 20.6 Å². The van der Waals surface area contributed by atoms with Gasteiger partial charge < -0.3 is 9.42 Å². The molecule has 1 aliphatic rings.